The third-order valence-corrected chi connectivity index (χ3v) is 1.51. The van der Waals surface area contributed by atoms with Crippen LogP contribution in [0.3, 0.4) is 0 Å². The van der Waals surface area contributed by atoms with Crippen LogP contribution in [-0.4, -0.2) is 46.1 Å². The molecule has 0 aliphatic rings. The number of carboxylic acids is 1. The molecule has 0 radical (unpaired) electrons. The summed E-state index contributed by atoms with van der Waals surface area (Å²) in [6.45, 7) is 0.171. The fraction of sp³-hybridized carbons (Fsp3) is 0.833. The number of nitrogens with two attached hydrogens (primary N) is 2. The molecule has 6 heteroatoms. The van der Waals surface area contributed by atoms with Gasteiger partial charge in [-0.2, -0.15) is 0 Å². The van der Waals surface area contributed by atoms with Gasteiger partial charge >= 0.3 is 5.97 Å². The molecule has 72 valence electrons. The van der Waals surface area contributed by atoms with Crippen molar-refractivity contribution in [3.63, 3.8) is 0 Å². The molecule has 0 fully saturated rings. The monoisotopic (exact) mass is 178 g/mol. The molecule has 6 nitrogen and oxygen atoms in total. The van der Waals surface area contributed by atoms with E-state index >= 15 is 0 Å². The Labute approximate surface area is 69.8 Å². The maximum absolute atomic E-state index is 10.2. The summed E-state index contributed by atoms with van der Waals surface area (Å²) in [5.41, 5.74) is 10.1. The summed E-state index contributed by atoms with van der Waals surface area (Å²) in [6, 6.07) is -1.47. The molecule has 0 aromatic heterocycles. The second kappa shape index (κ2) is 5.04. The normalized spacial score (nSPS) is 18.3. The Hall–Kier alpha value is -0.690. The maximum atomic E-state index is 10.2. The van der Waals surface area contributed by atoms with Crippen molar-refractivity contribution in [1.29, 1.82) is 0 Å². The topological polar surface area (TPSA) is 130 Å². The van der Waals surface area contributed by atoms with Gasteiger partial charge < -0.3 is 26.8 Å². The Bertz CT molecular complexity index is 152. The summed E-state index contributed by atoms with van der Waals surface area (Å²) < 4.78 is 0. The van der Waals surface area contributed by atoms with E-state index in [4.69, 9.17) is 26.8 Å². The molecule has 7 N–H and O–H groups in total. The number of carbonyl (C=O) groups is 1. The van der Waals surface area contributed by atoms with E-state index in [9.17, 15) is 4.79 Å². The van der Waals surface area contributed by atoms with Crippen molar-refractivity contribution < 1.29 is 20.1 Å². The Balaban J connectivity index is 3.99. The summed E-state index contributed by atoms with van der Waals surface area (Å²) in [4.78, 5) is 10.2. The standard InChI is InChI=1S/C6H14N2O4/c7-2-1-3(9)5(10)4(8)6(11)12/h3-5,9-10H,1-2,7-8H2,(H,11,12)/t3?,4-,5?/m0/s1. The highest BCUT2D eigenvalue weighted by Crippen LogP contribution is 2.01. The third kappa shape index (κ3) is 3.14. The lowest BCUT2D eigenvalue weighted by Crippen LogP contribution is -2.48. The second-order valence-corrected chi connectivity index (χ2v) is 2.50. The lowest BCUT2D eigenvalue weighted by Gasteiger charge is -2.19. The zero-order valence-electron chi connectivity index (χ0n) is 6.55. The number of aliphatic carboxylic acids is 1. The molecule has 2 unspecified atom stereocenters. The molecule has 0 aliphatic carbocycles. The van der Waals surface area contributed by atoms with Gasteiger partial charge in [0.15, 0.2) is 0 Å². The van der Waals surface area contributed by atoms with Crippen molar-refractivity contribution in [1.82, 2.24) is 0 Å². The van der Waals surface area contributed by atoms with Crippen molar-refractivity contribution in [2.45, 2.75) is 24.7 Å². The van der Waals surface area contributed by atoms with Gasteiger partial charge in [0.25, 0.3) is 0 Å². The van der Waals surface area contributed by atoms with Crippen LogP contribution in [0.2, 0.25) is 0 Å². The quantitative estimate of drug-likeness (QED) is 0.315. The van der Waals surface area contributed by atoms with Gasteiger partial charge in [-0.05, 0) is 13.0 Å². The van der Waals surface area contributed by atoms with E-state index < -0.39 is 24.2 Å². The zero-order valence-corrected chi connectivity index (χ0v) is 6.55. The largest absolute Gasteiger partial charge is 0.480 e. The SMILES string of the molecule is NCCC(O)C(O)[C@H](N)C(=O)O. The Kier molecular flexibility index (Phi) is 4.75. The molecule has 0 saturated carbocycles. The molecule has 0 rings (SSSR count). The van der Waals surface area contributed by atoms with Gasteiger partial charge in [0, 0.05) is 0 Å². The van der Waals surface area contributed by atoms with Crippen LogP contribution in [-0.2, 0) is 4.79 Å². The van der Waals surface area contributed by atoms with Crippen LogP contribution in [0, 0.1) is 0 Å². The van der Waals surface area contributed by atoms with Crippen LogP contribution in [0.15, 0.2) is 0 Å². The Morgan fingerprint density at radius 2 is 1.92 bits per heavy atom. The number of hydrogen-bond donors (Lipinski definition) is 5. The van der Waals surface area contributed by atoms with E-state index in [1.807, 2.05) is 0 Å². The van der Waals surface area contributed by atoms with Crippen LogP contribution < -0.4 is 11.5 Å². The van der Waals surface area contributed by atoms with Gasteiger partial charge in [-0.15, -0.1) is 0 Å². The number of carboxylic acid groups (broad SMARTS) is 1. The van der Waals surface area contributed by atoms with Crippen molar-refractivity contribution >= 4 is 5.97 Å². The molecule has 0 heterocycles. The van der Waals surface area contributed by atoms with Gasteiger partial charge in [0.2, 0.25) is 0 Å². The minimum absolute atomic E-state index is 0.127. The fourth-order valence-corrected chi connectivity index (χ4v) is 0.727. The van der Waals surface area contributed by atoms with Gasteiger partial charge in [0.1, 0.15) is 12.1 Å². The summed E-state index contributed by atoms with van der Waals surface area (Å²) in [5, 5.41) is 26.5. The predicted molar refractivity (Wildman–Crippen MR) is 41.3 cm³/mol. The molecule has 0 aromatic rings. The predicted octanol–water partition coefficient (Wildman–Crippen LogP) is -2.53. The molecule has 3 atom stereocenters. The van der Waals surface area contributed by atoms with Crippen LogP contribution in [0.4, 0.5) is 0 Å². The summed E-state index contributed by atoms with van der Waals surface area (Å²) in [5.74, 6) is -1.35. The van der Waals surface area contributed by atoms with E-state index in [-0.39, 0.29) is 13.0 Å². The van der Waals surface area contributed by atoms with Gasteiger partial charge in [-0.1, -0.05) is 0 Å². The highest BCUT2D eigenvalue weighted by atomic mass is 16.4. The third-order valence-electron chi connectivity index (χ3n) is 1.51. The molecular weight excluding hydrogens is 164 g/mol. The Morgan fingerprint density at radius 3 is 2.25 bits per heavy atom. The minimum Gasteiger partial charge on any atom is -0.480 e. The van der Waals surface area contributed by atoms with Crippen molar-refractivity contribution in [2.75, 3.05) is 6.54 Å². The van der Waals surface area contributed by atoms with Crippen molar-refractivity contribution in [2.24, 2.45) is 11.5 Å². The van der Waals surface area contributed by atoms with E-state index in [1.54, 1.807) is 0 Å². The second-order valence-electron chi connectivity index (χ2n) is 2.50. The van der Waals surface area contributed by atoms with Crippen molar-refractivity contribution in [3.8, 4) is 0 Å². The highest BCUT2D eigenvalue weighted by molar-refractivity contribution is 5.73. The van der Waals surface area contributed by atoms with Crippen molar-refractivity contribution in [3.05, 3.63) is 0 Å². The van der Waals surface area contributed by atoms with Gasteiger partial charge in [0.05, 0.1) is 6.10 Å². The Morgan fingerprint density at radius 1 is 1.42 bits per heavy atom. The average Bonchev–Trinajstić information content (AvgIpc) is 2.02. The van der Waals surface area contributed by atoms with E-state index in [0.29, 0.717) is 0 Å². The smallest absolute Gasteiger partial charge is 0.323 e. The number of hydrogen-bond acceptors (Lipinski definition) is 5. The van der Waals surface area contributed by atoms with Gasteiger partial charge in [-0.25, -0.2) is 0 Å². The lowest BCUT2D eigenvalue weighted by atomic mass is 10.0. The zero-order chi connectivity index (χ0) is 9.72. The first-order valence-electron chi connectivity index (χ1n) is 3.55. The molecule has 0 saturated heterocycles. The van der Waals surface area contributed by atoms with Gasteiger partial charge in [-0.3, -0.25) is 4.79 Å². The van der Waals surface area contributed by atoms with E-state index in [2.05, 4.69) is 0 Å². The minimum atomic E-state index is -1.47. The number of aliphatic hydroxyl groups excluding tert-OH is 2. The number of aliphatic hydroxyl groups is 2. The first-order chi connectivity index (χ1) is 5.50. The first kappa shape index (κ1) is 11.3. The van der Waals surface area contributed by atoms with Crippen LogP contribution in [0.5, 0.6) is 0 Å². The number of rotatable bonds is 5. The first-order valence-corrected chi connectivity index (χ1v) is 3.55. The summed E-state index contributed by atoms with van der Waals surface area (Å²) in [7, 11) is 0. The molecule has 0 spiro atoms. The highest BCUT2D eigenvalue weighted by Gasteiger charge is 2.27. The lowest BCUT2D eigenvalue weighted by molar-refractivity contribution is -0.143. The summed E-state index contributed by atoms with van der Waals surface area (Å²) in [6.07, 6.45) is -2.52. The summed E-state index contributed by atoms with van der Waals surface area (Å²) >= 11 is 0. The maximum Gasteiger partial charge on any atom is 0.323 e. The fourth-order valence-electron chi connectivity index (χ4n) is 0.727. The molecule has 0 bridgehead atoms. The molecule has 0 aliphatic heterocycles. The average molecular weight is 178 g/mol. The van der Waals surface area contributed by atoms with E-state index in [0.717, 1.165) is 0 Å². The van der Waals surface area contributed by atoms with Crippen LogP contribution in [0.25, 0.3) is 0 Å². The molecule has 12 heavy (non-hydrogen) atoms. The molecular formula is C6H14N2O4. The van der Waals surface area contributed by atoms with Crippen LogP contribution in [0.1, 0.15) is 6.42 Å². The van der Waals surface area contributed by atoms with Crippen LogP contribution >= 0.6 is 0 Å². The van der Waals surface area contributed by atoms with E-state index in [1.165, 1.54) is 0 Å². The molecule has 0 aromatic carbocycles. The molecule has 0 amide bonds.